The zero-order chi connectivity index (χ0) is 17.9. The fourth-order valence-corrected chi connectivity index (χ4v) is 3.68. The number of rotatable bonds is 5. The maximum Gasteiger partial charge on any atom is 0.240 e. The second kappa shape index (κ2) is 7.16. The predicted molar refractivity (Wildman–Crippen MR) is 103 cm³/mol. The summed E-state index contributed by atoms with van der Waals surface area (Å²) in [5.74, 6) is 0.478. The van der Waals surface area contributed by atoms with E-state index in [0.29, 0.717) is 11.3 Å². The number of hydrogen-bond acceptors (Lipinski definition) is 2. The molecule has 0 bridgehead atoms. The molecule has 132 valence electrons. The summed E-state index contributed by atoms with van der Waals surface area (Å²) in [6.07, 6.45) is 5.24. The van der Waals surface area contributed by atoms with Crippen LogP contribution in [-0.4, -0.2) is 10.5 Å². The van der Waals surface area contributed by atoms with Crippen molar-refractivity contribution in [2.24, 2.45) is 5.92 Å². The lowest BCUT2D eigenvalue weighted by Crippen LogP contribution is -2.38. The third-order valence-corrected chi connectivity index (χ3v) is 5.30. The van der Waals surface area contributed by atoms with Gasteiger partial charge in [0.15, 0.2) is 5.43 Å². The maximum atomic E-state index is 12.8. The average molecular weight is 346 g/mol. The summed E-state index contributed by atoms with van der Waals surface area (Å²) in [6, 6.07) is 19.2. The number of nitrogens with one attached hydrogen (secondary N) is 1. The van der Waals surface area contributed by atoms with Crippen molar-refractivity contribution in [2.45, 2.75) is 31.8 Å². The van der Waals surface area contributed by atoms with Gasteiger partial charge in [-0.25, -0.2) is 0 Å². The van der Waals surface area contributed by atoms with E-state index in [-0.39, 0.29) is 23.9 Å². The molecule has 4 heteroatoms. The van der Waals surface area contributed by atoms with Crippen LogP contribution in [0.15, 0.2) is 71.7 Å². The fraction of sp³-hybridized carbons (Fsp3) is 0.273. The Hall–Kier alpha value is -2.88. The standard InChI is InChI=1S/C22H22N2O2/c25-20-13-14-24(19-12-5-4-11-18(19)20)15-21(26)23-22(17-9-6-10-17)16-7-2-1-3-8-16/h1-5,7-8,11-14,17,22H,6,9-10,15H2,(H,23,26). The lowest BCUT2D eigenvalue weighted by Gasteiger charge is -2.34. The summed E-state index contributed by atoms with van der Waals surface area (Å²) in [5.41, 5.74) is 1.93. The molecule has 1 amide bonds. The Morgan fingerprint density at radius 1 is 1.04 bits per heavy atom. The molecule has 1 heterocycles. The van der Waals surface area contributed by atoms with Gasteiger partial charge in [0.2, 0.25) is 5.91 Å². The van der Waals surface area contributed by atoms with Crippen molar-refractivity contribution in [1.82, 2.24) is 9.88 Å². The normalized spacial score (nSPS) is 15.4. The van der Waals surface area contributed by atoms with Gasteiger partial charge in [-0.3, -0.25) is 9.59 Å². The summed E-state index contributed by atoms with van der Waals surface area (Å²) >= 11 is 0. The molecule has 0 saturated heterocycles. The van der Waals surface area contributed by atoms with Crippen LogP contribution < -0.4 is 10.7 Å². The second-order valence-corrected chi connectivity index (χ2v) is 6.97. The van der Waals surface area contributed by atoms with Crippen molar-refractivity contribution in [3.05, 3.63) is 82.6 Å². The summed E-state index contributed by atoms with van der Waals surface area (Å²) in [7, 11) is 0. The molecule has 1 N–H and O–H groups in total. The minimum Gasteiger partial charge on any atom is -0.347 e. The molecule has 1 unspecified atom stereocenters. The molecule has 26 heavy (non-hydrogen) atoms. The molecule has 1 fully saturated rings. The Labute approximate surface area is 152 Å². The van der Waals surface area contributed by atoms with E-state index in [2.05, 4.69) is 17.4 Å². The van der Waals surface area contributed by atoms with Gasteiger partial charge in [0.1, 0.15) is 6.54 Å². The van der Waals surface area contributed by atoms with Crippen molar-refractivity contribution >= 4 is 16.8 Å². The molecular formula is C22H22N2O2. The minimum absolute atomic E-state index is 0.0195. The number of pyridine rings is 1. The van der Waals surface area contributed by atoms with Crippen LogP contribution in [0.25, 0.3) is 10.9 Å². The van der Waals surface area contributed by atoms with Gasteiger partial charge in [-0.1, -0.05) is 48.9 Å². The molecule has 1 saturated carbocycles. The van der Waals surface area contributed by atoms with Gasteiger partial charge in [-0.05, 0) is 36.5 Å². The topological polar surface area (TPSA) is 51.1 Å². The molecule has 0 spiro atoms. The quantitative estimate of drug-likeness (QED) is 0.766. The third-order valence-electron chi connectivity index (χ3n) is 5.30. The third kappa shape index (κ3) is 3.27. The number of benzene rings is 2. The summed E-state index contributed by atoms with van der Waals surface area (Å²) < 4.78 is 1.84. The van der Waals surface area contributed by atoms with Crippen molar-refractivity contribution < 1.29 is 4.79 Å². The van der Waals surface area contributed by atoms with Gasteiger partial charge >= 0.3 is 0 Å². The second-order valence-electron chi connectivity index (χ2n) is 6.97. The molecule has 1 aliphatic carbocycles. The van der Waals surface area contributed by atoms with Crippen LogP contribution >= 0.6 is 0 Å². The van der Waals surface area contributed by atoms with Gasteiger partial charge in [0.25, 0.3) is 0 Å². The van der Waals surface area contributed by atoms with Crippen LogP contribution in [0.1, 0.15) is 30.9 Å². The predicted octanol–water partition coefficient (Wildman–Crippen LogP) is 3.66. The van der Waals surface area contributed by atoms with Crippen LogP contribution in [0, 0.1) is 5.92 Å². The Kier molecular flexibility index (Phi) is 4.57. The number of para-hydroxylation sites is 1. The van der Waals surface area contributed by atoms with E-state index in [9.17, 15) is 9.59 Å². The monoisotopic (exact) mass is 346 g/mol. The van der Waals surface area contributed by atoms with Gasteiger partial charge in [-0.15, -0.1) is 0 Å². The first kappa shape index (κ1) is 16.6. The Morgan fingerprint density at radius 3 is 2.50 bits per heavy atom. The lowest BCUT2D eigenvalue weighted by molar-refractivity contribution is -0.123. The molecule has 4 nitrogen and oxygen atoms in total. The molecule has 2 aromatic carbocycles. The van der Waals surface area contributed by atoms with E-state index in [0.717, 1.165) is 23.9 Å². The van der Waals surface area contributed by atoms with E-state index in [1.54, 1.807) is 12.3 Å². The zero-order valence-corrected chi connectivity index (χ0v) is 14.6. The summed E-state index contributed by atoms with van der Waals surface area (Å²) in [4.78, 5) is 24.8. The Morgan fingerprint density at radius 2 is 1.77 bits per heavy atom. The summed E-state index contributed by atoms with van der Waals surface area (Å²) in [6.45, 7) is 0.205. The minimum atomic E-state index is -0.0282. The molecule has 1 aromatic heterocycles. The SMILES string of the molecule is O=C(Cn1ccc(=O)c2ccccc21)NC(c1ccccc1)C1CCC1. The number of hydrogen-bond donors (Lipinski definition) is 1. The van der Waals surface area contributed by atoms with Crippen molar-refractivity contribution in [3.63, 3.8) is 0 Å². The highest BCUT2D eigenvalue weighted by Crippen LogP contribution is 2.37. The number of fused-ring (bicyclic) bond motifs is 1. The largest absolute Gasteiger partial charge is 0.347 e. The van der Waals surface area contributed by atoms with Crippen LogP contribution in [0.4, 0.5) is 0 Å². The van der Waals surface area contributed by atoms with Crippen LogP contribution in [-0.2, 0) is 11.3 Å². The first-order chi connectivity index (χ1) is 12.7. The highest BCUT2D eigenvalue weighted by Gasteiger charge is 2.29. The average Bonchev–Trinajstić information content (AvgIpc) is 2.63. The fourth-order valence-electron chi connectivity index (χ4n) is 3.68. The number of nitrogens with zero attached hydrogens (tertiary/aromatic N) is 1. The Balaban J connectivity index is 1.56. The van der Waals surface area contributed by atoms with Crippen molar-refractivity contribution in [1.29, 1.82) is 0 Å². The van der Waals surface area contributed by atoms with Gasteiger partial charge in [-0.2, -0.15) is 0 Å². The zero-order valence-electron chi connectivity index (χ0n) is 14.6. The number of carbonyl (C=O) groups is 1. The smallest absolute Gasteiger partial charge is 0.240 e. The molecule has 1 atom stereocenters. The molecule has 3 aromatic rings. The number of amides is 1. The van der Waals surface area contributed by atoms with Gasteiger partial charge in [0.05, 0.1) is 11.6 Å². The van der Waals surface area contributed by atoms with E-state index < -0.39 is 0 Å². The summed E-state index contributed by atoms with van der Waals surface area (Å²) in [5, 5.41) is 3.87. The van der Waals surface area contributed by atoms with E-state index in [1.807, 2.05) is 41.0 Å². The van der Waals surface area contributed by atoms with Crippen LogP contribution in [0.3, 0.4) is 0 Å². The molecule has 0 aliphatic heterocycles. The van der Waals surface area contributed by atoms with Crippen molar-refractivity contribution in [2.75, 3.05) is 0 Å². The van der Waals surface area contributed by atoms with Crippen molar-refractivity contribution in [3.8, 4) is 0 Å². The number of aromatic nitrogens is 1. The molecule has 0 radical (unpaired) electrons. The maximum absolute atomic E-state index is 12.8. The van der Waals surface area contributed by atoms with Crippen LogP contribution in [0.5, 0.6) is 0 Å². The van der Waals surface area contributed by atoms with E-state index in [1.165, 1.54) is 12.5 Å². The van der Waals surface area contributed by atoms with Gasteiger partial charge < -0.3 is 9.88 Å². The highest BCUT2D eigenvalue weighted by molar-refractivity contribution is 5.82. The van der Waals surface area contributed by atoms with Gasteiger partial charge in [0, 0.05) is 17.6 Å². The Bertz CT molecular complexity index is 974. The molecule has 4 rings (SSSR count). The first-order valence-electron chi connectivity index (χ1n) is 9.15. The lowest BCUT2D eigenvalue weighted by atomic mass is 9.77. The first-order valence-corrected chi connectivity index (χ1v) is 9.15. The molecular weight excluding hydrogens is 324 g/mol. The highest BCUT2D eigenvalue weighted by atomic mass is 16.2. The number of carbonyl (C=O) groups excluding carboxylic acids is 1. The van der Waals surface area contributed by atoms with E-state index >= 15 is 0 Å². The van der Waals surface area contributed by atoms with E-state index in [4.69, 9.17) is 0 Å². The van der Waals surface area contributed by atoms with Crippen LogP contribution in [0.2, 0.25) is 0 Å². The molecule has 1 aliphatic rings.